The van der Waals surface area contributed by atoms with E-state index in [9.17, 15) is 9.59 Å². The summed E-state index contributed by atoms with van der Waals surface area (Å²) in [6.07, 6.45) is 2.78. The van der Waals surface area contributed by atoms with Crippen molar-refractivity contribution < 1.29 is 9.59 Å². The van der Waals surface area contributed by atoms with Gasteiger partial charge >= 0.3 is 0 Å². The van der Waals surface area contributed by atoms with Crippen LogP contribution >= 0.6 is 11.3 Å². The summed E-state index contributed by atoms with van der Waals surface area (Å²) in [5, 5.41) is 6.60. The maximum Gasteiger partial charge on any atom is 0.238 e. The Kier molecular flexibility index (Phi) is 4.97. The Balaban J connectivity index is 1.33. The molecule has 0 bridgehead atoms. The van der Waals surface area contributed by atoms with Crippen LogP contribution in [0.5, 0.6) is 0 Å². The lowest BCUT2D eigenvalue weighted by Crippen LogP contribution is -2.36. The summed E-state index contributed by atoms with van der Waals surface area (Å²) in [5.41, 5.74) is 4.27. The van der Waals surface area contributed by atoms with Gasteiger partial charge in [0.15, 0.2) is 5.13 Å². The highest BCUT2D eigenvalue weighted by molar-refractivity contribution is 7.15. The van der Waals surface area contributed by atoms with Gasteiger partial charge in [0.1, 0.15) is 0 Å². The number of amides is 2. The number of anilines is 2. The number of aryl methyl sites for hydroxylation is 2. The number of hydrogen-bond donors (Lipinski definition) is 2. The van der Waals surface area contributed by atoms with E-state index in [0.29, 0.717) is 18.2 Å². The summed E-state index contributed by atoms with van der Waals surface area (Å²) in [6.45, 7) is 5.96. The third kappa shape index (κ3) is 4.36. The normalized spacial score (nSPS) is 16.7. The van der Waals surface area contributed by atoms with Crippen LogP contribution in [0.4, 0.5) is 10.8 Å². The minimum atomic E-state index is -0.00604. The molecule has 142 valence electrons. The van der Waals surface area contributed by atoms with Crippen molar-refractivity contribution in [2.75, 3.05) is 23.7 Å². The largest absolute Gasteiger partial charge is 0.325 e. The lowest BCUT2D eigenvalue weighted by atomic mass is 10.1. The van der Waals surface area contributed by atoms with Crippen molar-refractivity contribution in [3.05, 3.63) is 39.9 Å². The lowest BCUT2D eigenvalue weighted by molar-refractivity contribution is -0.118. The van der Waals surface area contributed by atoms with Gasteiger partial charge in [0.2, 0.25) is 11.8 Å². The number of nitrogens with zero attached hydrogens (tertiary/aromatic N) is 2. The SMILES string of the molecule is Cc1ccc(NC(=O)CN2CCc3nc(NC(=O)C4CC4)sc3C2)cc1C. The van der Waals surface area contributed by atoms with Crippen molar-refractivity contribution in [1.29, 1.82) is 0 Å². The number of carbonyl (C=O) groups is 2. The molecule has 2 heterocycles. The van der Waals surface area contributed by atoms with Gasteiger partial charge in [-0.1, -0.05) is 6.07 Å². The van der Waals surface area contributed by atoms with Gasteiger partial charge in [-0.25, -0.2) is 4.98 Å². The second-order valence-corrected chi connectivity index (χ2v) is 8.54. The molecule has 2 N–H and O–H groups in total. The first-order chi connectivity index (χ1) is 13.0. The van der Waals surface area contributed by atoms with Gasteiger partial charge in [-0.3, -0.25) is 14.5 Å². The Labute approximate surface area is 163 Å². The van der Waals surface area contributed by atoms with Crippen molar-refractivity contribution in [3.63, 3.8) is 0 Å². The summed E-state index contributed by atoms with van der Waals surface area (Å²) >= 11 is 1.53. The first kappa shape index (κ1) is 18.1. The van der Waals surface area contributed by atoms with E-state index >= 15 is 0 Å². The molecular weight excluding hydrogens is 360 g/mol. The smallest absolute Gasteiger partial charge is 0.238 e. The Bertz CT molecular complexity index is 888. The van der Waals surface area contributed by atoms with Gasteiger partial charge in [-0.15, -0.1) is 11.3 Å². The molecule has 2 aliphatic rings. The Hall–Kier alpha value is -2.25. The van der Waals surface area contributed by atoms with Crippen LogP contribution in [-0.2, 0) is 22.6 Å². The maximum atomic E-state index is 12.4. The quantitative estimate of drug-likeness (QED) is 0.831. The minimum absolute atomic E-state index is 0.00604. The molecule has 6 nitrogen and oxygen atoms in total. The van der Waals surface area contributed by atoms with Crippen LogP contribution < -0.4 is 10.6 Å². The number of fused-ring (bicyclic) bond motifs is 1. The van der Waals surface area contributed by atoms with Crippen LogP contribution in [0.1, 0.15) is 34.5 Å². The number of thiazole rings is 1. The summed E-state index contributed by atoms with van der Waals surface area (Å²) in [5.74, 6) is 0.260. The first-order valence-corrected chi connectivity index (χ1v) is 10.2. The Morgan fingerprint density at radius 3 is 2.78 bits per heavy atom. The summed E-state index contributed by atoms with van der Waals surface area (Å²) in [7, 11) is 0. The van der Waals surface area contributed by atoms with Crippen molar-refractivity contribution in [3.8, 4) is 0 Å². The third-order valence-electron chi connectivity index (χ3n) is 5.15. The minimum Gasteiger partial charge on any atom is -0.325 e. The number of hydrogen-bond acceptors (Lipinski definition) is 5. The molecule has 1 saturated carbocycles. The van der Waals surface area contributed by atoms with Gasteiger partial charge in [0.25, 0.3) is 0 Å². The van der Waals surface area contributed by atoms with Crippen LogP contribution in [0.2, 0.25) is 0 Å². The molecule has 2 amide bonds. The van der Waals surface area contributed by atoms with E-state index in [2.05, 4.69) is 27.4 Å². The molecule has 0 unspecified atom stereocenters. The van der Waals surface area contributed by atoms with E-state index in [0.717, 1.165) is 42.1 Å². The highest BCUT2D eigenvalue weighted by Crippen LogP contribution is 2.32. The van der Waals surface area contributed by atoms with E-state index in [1.54, 1.807) is 0 Å². The topological polar surface area (TPSA) is 74.3 Å². The highest BCUT2D eigenvalue weighted by atomic mass is 32.1. The Morgan fingerprint density at radius 1 is 1.22 bits per heavy atom. The molecule has 0 radical (unpaired) electrons. The Morgan fingerprint density at radius 2 is 2.04 bits per heavy atom. The van der Waals surface area contributed by atoms with Crippen molar-refractivity contribution in [1.82, 2.24) is 9.88 Å². The maximum absolute atomic E-state index is 12.4. The lowest BCUT2D eigenvalue weighted by Gasteiger charge is -2.25. The molecule has 1 aromatic heterocycles. The molecule has 7 heteroatoms. The number of aromatic nitrogens is 1. The molecule has 0 spiro atoms. The average Bonchev–Trinajstić information content (AvgIpc) is 3.39. The molecule has 1 aromatic carbocycles. The van der Waals surface area contributed by atoms with Crippen LogP contribution in [0.15, 0.2) is 18.2 Å². The average molecular weight is 385 g/mol. The third-order valence-corrected chi connectivity index (χ3v) is 6.14. The molecule has 1 aliphatic heterocycles. The number of nitrogens with one attached hydrogen (secondary N) is 2. The van der Waals surface area contributed by atoms with Crippen LogP contribution in [0, 0.1) is 19.8 Å². The van der Waals surface area contributed by atoms with E-state index in [4.69, 9.17) is 0 Å². The molecule has 0 atom stereocenters. The van der Waals surface area contributed by atoms with Gasteiger partial charge in [-0.05, 0) is 49.9 Å². The second kappa shape index (κ2) is 7.40. The number of benzene rings is 1. The van der Waals surface area contributed by atoms with Crippen molar-refractivity contribution in [2.24, 2.45) is 5.92 Å². The van der Waals surface area contributed by atoms with E-state index in [-0.39, 0.29) is 17.7 Å². The number of rotatable bonds is 5. The molecule has 2 aromatic rings. The summed E-state index contributed by atoms with van der Waals surface area (Å²) in [4.78, 5) is 32.1. The van der Waals surface area contributed by atoms with E-state index in [1.165, 1.54) is 22.5 Å². The second-order valence-electron chi connectivity index (χ2n) is 7.46. The molecular formula is C20H24N4O2S. The van der Waals surface area contributed by atoms with Crippen molar-refractivity contribution in [2.45, 2.75) is 39.7 Å². The van der Waals surface area contributed by atoms with Crippen LogP contribution in [0.25, 0.3) is 0 Å². The zero-order valence-corrected chi connectivity index (χ0v) is 16.5. The van der Waals surface area contributed by atoms with Gasteiger partial charge in [0, 0.05) is 36.0 Å². The molecule has 27 heavy (non-hydrogen) atoms. The predicted octanol–water partition coefficient (Wildman–Crippen LogP) is 3.11. The molecule has 1 aliphatic carbocycles. The van der Waals surface area contributed by atoms with E-state index in [1.807, 2.05) is 25.1 Å². The predicted molar refractivity (Wildman–Crippen MR) is 107 cm³/mol. The first-order valence-electron chi connectivity index (χ1n) is 9.37. The summed E-state index contributed by atoms with van der Waals surface area (Å²) < 4.78 is 0. The van der Waals surface area contributed by atoms with Crippen LogP contribution in [0.3, 0.4) is 0 Å². The standard InChI is InChI=1S/C20H24N4O2S/c1-12-3-6-15(9-13(12)2)21-18(25)11-24-8-7-16-17(10-24)27-20(22-16)23-19(26)14-4-5-14/h3,6,9,14H,4-5,7-8,10-11H2,1-2H3,(H,21,25)(H,22,23,26). The number of carbonyl (C=O) groups excluding carboxylic acids is 2. The van der Waals surface area contributed by atoms with E-state index < -0.39 is 0 Å². The fourth-order valence-electron chi connectivity index (χ4n) is 3.21. The molecule has 1 fully saturated rings. The zero-order chi connectivity index (χ0) is 19.0. The van der Waals surface area contributed by atoms with Gasteiger partial charge < -0.3 is 10.6 Å². The van der Waals surface area contributed by atoms with Gasteiger partial charge in [-0.2, -0.15) is 0 Å². The fraction of sp³-hybridized carbons (Fsp3) is 0.450. The van der Waals surface area contributed by atoms with Crippen molar-refractivity contribution >= 4 is 34.0 Å². The van der Waals surface area contributed by atoms with Crippen LogP contribution in [-0.4, -0.2) is 34.8 Å². The molecule has 4 rings (SSSR count). The fourth-order valence-corrected chi connectivity index (χ4v) is 4.27. The monoisotopic (exact) mass is 384 g/mol. The zero-order valence-electron chi connectivity index (χ0n) is 15.7. The molecule has 0 saturated heterocycles. The van der Waals surface area contributed by atoms with Gasteiger partial charge in [0.05, 0.1) is 12.2 Å². The summed E-state index contributed by atoms with van der Waals surface area (Å²) in [6, 6.07) is 5.96. The highest BCUT2D eigenvalue weighted by Gasteiger charge is 2.31.